The Morgan fingerprint density at radius 1 is 0.913 bits per heavy atom. The number of morpholine rings is 1. The van der Waals surface area contributed by atoms with E-state index in [-0.39, 0.29) is 5.56 Å². The fraction of sp³-hybridized carbons (Fsp3) is 0.250. The molecule has 14 heteroatoms. The second-order valence-electron chi connectivity index (χ2n) is 10.5. The number of halogens is 3. The minimum Gasteiger partial charge on any atom is -0.385 e. The van der Waals surface area contributed by atoms with Gasteiger partial charge in [-0.1, -0.05) is 36.4 Å². The van der Waals surface area contributed by atoms with Gasteiger partial charge >= 0.3 is 18.1 Å². The van der Waals surface area contributed by atoms with Crippen LogP contribution in [0, 0.1) is 0 Å². The van der Waals surface area contributed by atoms with E-state index in [2.05, 4.69) is 20.1 Å². The van der Waals surface area contributed by atoms with Crippen LogP contribution in [0.25, 0.3) is 27.8 Å². The van der Waals surface area contributed by atoms with Crippen molar-refractivity contribution < 1.29 is 37.0 Å². The van der Waals surface area contributed by atoms with Crippen LogP contribution in [0.4, 0.5) is 18.9 Å². The summed E-state index contributed by atoms with van der Waals surface area (Å²) in [6.45, 7) is 1.70. The number of aromatic nitrogens is 4. The summed E-state index contributed by atoms with van der Waals surface area (Å²) in [7, 11) is 0. The Hall–Kier alpha value is -5.37. The van der Waals surface area contributed by atoms with Crippen LogP contribution in [-0.2, 0) is 31.9 Å². The number of hydrogen-bond acceptors (Lipinski definition) is 9. The molecule has 236 valence electrons. The largest absolute Gasteiger partial charge is 0.491 e. The summed E-state index contributed by atoms with van der Waals surface area (Å²) >= 11 is 0. The van der Waals surface area contributed by atoms with E-state index in [9.17, 15) is 27.6 Å². The van der Waals surface area contributed by atoms with Gasteiger partial charge in [-0.2, -0.15) is 18.3 Å². The van der Waals surface area contributed by atoms with E-state index in [1.54, 1.807) is 22.8 Å². The molecule has 1 fully saturated rings. The van der Waals surface area contributed by atoms with E-state index in [0.717, 1.165) is 33.7 Å². The van der Waals surface area contributed by atoms with Crippen LogP contribution in [0.15, 0.2) is 72.9 Å². The predicted octanol–water partition coefficient (Wildman–Crippen LogP) is 3.93. The Labute approximate surface area is 259 Å². The number of esters is 2. The Morgan fingerprint density at radius 2 is 1.67 bits per heavy atom. The number of nitrogens with zero attached hydrogens (tertiary/aromatic N) is 5. The lowest BCUT2D eigenvalue weighted by atomic mass is 10.0. The highest BCUT2D eigenvalue weighted by atomic mass is 19.4. The summed E-state index contributed by atoms with van der Waals surface area (Å²) in [6.07, 6.45) is -2.45. The van der Waals surface area contributed by atoms with E-state index < -0.39 is 30.6 Å². The van der Waals surface area contributed by atoms with Crippen molar-refractivity contribution in [3.8, 4) is 11.3 Å². The van der Waals surface area contributed by atoms with Crippen molar-refractivity contribution in [1.82, 2.24) is 24.9 Å². The van der Waals surface area contributed by atoms with Crippen LogP contribution >= 0.6 is 0 Å². The molecule has 2 aromatic carbocycles. The Kier molecular flexibility index (Phi) is 8.61. The monoisotopic (exact) mass is 632 g/mol. The van der Waals surface area contributed by atoms with E-state index in [1.807, 2.05) is 42.5 Å². The van der Waals surface area contributed by atoms with Gasteiger partial charge in [0.2, 0.25) is 0 Å². The highest BCUT2D eigenvalue weighted by molar-refractivity contribution is 5.97. The van der Waals surface area contributed by atoms with Crippen LogP contribution in [0.3, 0.4) is 0 Å². The smallest absolute Gasteiger partial charge is 0.385 e. The zero-order valence-corrected chi connectivity index (χ0v) is 24.3. The molecule has 4 heterocycles. The molecule has 1 aliphatic rings. The number of amides is 1. The predicted molar refractivity (Wildman–Crippen MR) is 160 cm³/mol. The fourth-order valence-electron chi connectivity index (χ4n) is 5.22. The number of ether oxygens (including phenoxy) is 2. The number of imidazole rings is 1. The van der Waals surface area contributed by atoms with Crippen molar-refractivity contribution in [1.29, 1.82) is 0 Å². The number of alkyl halides is 3. The molecule has 0 radical (unpaired) electrons. The van der Waals surface area contributed by atoms with Gasteiger partial charge in [-0.25, -0.2) is 19.1 Å². The molecular weight excluding hydrogens is 605 g/mol. The number of nitrogens with one attached hydrogen (secondary N) is 1. The zero-order chi connectivity index (χ0) is 32.3. The summed E-state index contributed by atoms with van der Waals surface area (Å²) in [5, 5.41) is 7.83. The minimum atomic E-state index is -5.32. The maximum Gasteiger partial charge on any atom is 0.491 e. The van der Waals surface area contributed by atoms with Gasteiger partial charge in [0.1, 0.15) is 6.54 Å². The van der Waals surface area contributed by atoms with E-state index in [0.29, 0.717) is 50.4 Å². The Morgan fingerprint density at radius 3 is 2.43 bits per heavy atom. The second-order valence-corrected chi connectivity index (χ2v) is 10.5. The van der Waals surface area contributed by atoms with Crippen molar-refractivity contribution in [2.75, 3.05) is 37.7 Å². The summed E-state index contributed by atoms with van der Waals surface area (Å²) in [6, 6.07) is 20.3. The van der Waals surface area contributed by atoms with Gasteiger partial charge in [0.15, 0.2) is 5.65 Å². The number of fused-ring (bicyclic) bond motifs is 2. The first-order valence-corrected chi connectivity index (χ1v) is 14.4. The maximum absolute atomic E-state index is 12.6. The average Bonchev–Trinajstić information content (AvgIpc) is 3.44. The molecular formula is C32H27F3N6O5. The van der Waals surface area contributed by atoms with Crippen LogP contribution in [0.5, 0.6) is 0 Å². The molecule has 1 aliphatic heterocycles. The lowest BCUT2D eigenvalue weighted by molar-refractivity contribution is -0.201. The van der Waals surface area contributed by atoms with Crippen molar-refractivity contribution in [2.45, 2.75) is 19.0 Å². The number of benzene rings is 2. The normalized spacial score (nSPS) is 13.6. The number of para-hydroxylation sites is 1. The molecule has 0 atom stereocenters. The van der Waals surface area contributed by atoms with Gasteiger partial charge in [0.05, 0.1) is 42.0 Å². The van der Waals surface area contributed by atoms with Crippen molar-refractivity contribution in [2.24, 2.45) is 0 Å². The standard InChI is InChI=1S/C32H27F3N6O5/c33-32(34,35)31(44)46-27(42)19-36-30(43)22-7-5-21(6-8-22)28-25(12-11-23-10-9-20-3-1-2-4-24(20)38-23)39-29-26(13-14-37-41(28)29)40-15-17-45-18-16-40/h1-10,13-14H,11-12,15-19H2,(H,36,43). The van der Waals surface area contributed by atoms with Gasteiger partial charge < -0.3 is 19.7 Å². The van der Waals surface area contributed by atoms with Crippen LogP contribution < -0.4 is 10.2 Å². The van der Waals surface area contributed by atoms with Gasteiger partial charge in [-0.05, 0) is 43.2 Å². The highest BCUT2D eigenvalue weighted by Crippen LogP contribution is 2.31. The number of pyridine rings is 1. The third kappa shape index (κ3) is 6.66. The highest BCUT2D eigenvalue weighted by Gasteiger charge is 2.42. The molecule has 1 amide bonds. The first-order valence-electron chi connectivity index (χ1n) is 14.4. The Bertz CT molecular complexity index is 1920. The van der Waals surface area contributed by atoms with Crippen LogP contribution in [0.1, 0.15) is 21.7 Å². The molecule has 11 nitrogen and oxygen atoms in total. The van der Waals surface area contributed by atoms with Crippen molar-refractivity contribution in [3.05, 3.63) is 89.9 Å². The molecule has 46 heavy (non-hydrogen) atoms. The van der Waals surface area contributed by atoms with Crippen molar-refractivity contribution >= 4 is 40.1 Å². The van der Waals surface area contributed by atoms with Crippen LogP contribution in [0.2, 0.25) is 0 Å². The van der Waals surface area contributed by atoms with E-state index in [4.69, 9.17) is 14.7 Å². The number of anilines is 1. The van der Waals surface area contributed by atoms with E-state index >= 15 is 0 Å². The molecule has 1 N–H and O–H groups in total. The molecule has 1 saturated heterocycles. The summed E-state index contributed by atoms with van der Waals surface area (Å²) in [5.41, 5.74) is 5.76. The second kappa shape index (κ2) is 12.9. The first-order chi connectivity index (χ1) is 22.2. The number of carbonyl (C=O) groups is 3. The van der Waals surface area contributed by atoms with E-state index in [1.165, 1.54) is 12.1 Å². The number of hydrogen-bond donors (Lipinski definition) is 1. The molecule has 0 saturated carbocycles. The molecule has 0 spiro atoms. The number of rotatable bonds is 8. The molecule has 6 rings (SSSR count). The molecule has 0 aliphatic carbocycles. The maximum atomic E-state index is 12.6. The fourth-order valence-corrected chi connectivity index (χ4v) is 5.22. The average molecular weight is 633 g/mol. The molecule has 3 aromatic heterocycles. The molecule has 5 aromatic rings. The lowest BCUT2D eigenvalue weighted by Crippen LogP contribution is -2.36. The third-order valence-electron chi connectivity index (χ3n) is 7.45. The number of carbonyl (C=O) groups excluding carboxylic acids is 3. The molecule has 0 unspecified atom stereocenters. The van der Waals surface area contributed by atoms with Crippen LogP contribution in [-0.4, -0.2) is 76.5 Å². The lowest BCUT2D eigenvalue weighted by Gasteiger charge is -2.28. The molecule has 0 bridgehead atoms. The topological polar surface area (TPSA) is 128 Å². The summed E-state index contributed by atoms with van der Waals surface area (Å²) in [4.78, 5) is 47.1. The summed E-state index contributed by atoms with van der Waals surface area (Å²) in [5.74, 6) is -4.93. The minimum absolute atomic E-state index is 0.136. The zero-order valence-electron chi connectivity index (χ0n) is 24.3. The van der Waals surface area contributed by atoms with Gasteiger partial charge in [0, 0.05) is 35.3 Å². The Balaban J connectivity index is 1.26. The van der Waals surface area contributed by atoms with Gasteiger partial charge in [-0.3, -0.25) is 9.78 Å². The summed E-state index contributed by atoms with van der Waals surface area (Å²) < 4.78 is 48.0. The van der Waals surface area contributed by atoms with Gasteiger partial charge in [-0.15, -0.1) is 0 Å². The third-order valence-corrected chi connectivity index (χ3v) is 7.45. The SMILES string of the molecule is O=C(CNC(=O)c1ccc(-c2c(CCc3ccc4ccccc4n3)nc3c(N4CCOCC4)ccnn23)cc1)OC(=O)C(F)(F)F. The quantitative estimate of drug-likeness (QED) is 0.200. The number of aryl methyl sites for hydroxylation is 2. The van der Waals surface area contributed by atoms with Gasteiger partial charge in [0.25, 0.3) is 5.91 Å². The van der Waals surface area contributed by atoms with Crippen molar-refractivity contribution in [3.63, 3.8) is 0 Å². The first kappa shape index (κ1) is 30.6.